The number of cyclic esters (lactones) is 1. The van der Waals surface area contributed by atoms with Gasteiger partial charge in [-0.05, 0) is 12.1 Å². The Morgan fingerprint density at radius 1 is 1.29 bits per heavy atom. The van der Waals surface area contributed by atoms with E-state index in [1.54, 1.807) is 24.3 Å². The van der Waals surface area contributed by atoms with Crippen molar-refractivity contribution in [2.24, 2.45) is 0 Å². The molecule has 1 N–H and O–H groups in total. The number of rotatable bonds is 3. The summed E-state index contributed by atoms with van der Waals surface area (Å²) >= 11 is 0. The normalized spacial score (nSPS) is 25.0. The van der Waals surface area contributed by atoms with Crippen molar-refractivity contribution in [1.29, 1.82) is 0 Å². The predicted octanol–water partition coefficient (Wildman–Crippen LogP) is 0.839. The average molecular weight is 294 g/mol. The van der Waals surface area contributed by atoms with Gasteiger partial charge in [0.1, 0.15) is 24.9 Å². The maximum atomic E-state index is 12.6. The van der Waals surface area contributed by atoms with Crippen molar-refractivity contribution in [3.05, 3.63) is 29.5 Å². The van der Waals surface area contributed by atoms with E-state index in [1.807, 2.05) is 0 Å². The lowest BCUT2D eigenvalue weighted by molar-refractivity contribution is 0.0615. The first-order valence-electron chi connectivity index (χ1n) is 6.98. The summed E-state index contributed by atoms with van der Waals surface area (Å²) in [6.07, 6.45) is -0.964. The third kappa shape index (κ3) is 2.73. The number of anilines is 1. The Labute approximate surface area is 122 Å². The van der Waals surface area contributed by atoms with E-state index in [-0.39, 0.29) is 6.61 Å². The highest BCUT2D eigenvalue weighted by atomic mass is 16.6. The van der Waals surface area contributed by atoms with Crippen molar-refractivity contribution >= 4 is 17.5 Å². The van der Waals surface area contributed by atoms with Gasteiger partial charge in [-0.25, -0.2) is 4.79 Å². The molecule has 2 saturated heterocycles. The molecule has 1 aromatic carbocycles. The standard InChI is InChI=1S/C14H18N2O5/c17-10-13-9-15(14(18)21-13)11-1-3-12(4-2-11)16(19)5-7-20-8-6-16/h1-4,13,17H,5-10H2/t13-/m1/s1. The van der Waals surface area contributed by atoms with Gasteiger partial charge in [-0.15, -0.1) is 0 Å². The lowest BCUT2D eigenvalue weighted by Crippen LogP contribution is -2.51. The van der Waals surface area contributed by atoms with Crippen LogP contribution >= 0.6 is 0 Å². The quantitative estimate of drug-likeness (QED) is 0.660. The first-order valence-corrected chi connectivity index (χ1v) is 6.98. The molecule has 2 aliphatic rings. The molecule has 114 valence electrons. The highest BCUT2D eigenvalue weighted by Gasteiger charge is 2.32. The maximum absolute atomic E-state index is 12.6. The zero-order valence-electron chi connectivity index (χ0n) is 11.6. The zero-order chi connectivity index (χ0) is 14.9. The van der Waals surface area contributed by atoms with Crippen molar-refractivity contribution in [2.45, 2.75) is 6.10 Å². The van der Waals surface area contributed by atoms with Crippen LogP contribution in [0.15, 0.2) is 24.3 Å². The fourth-order valence-electron chi connectivity index (χ4n) is 2.63. The predicted molar refractivity (Wildman–Crippen MR) is 76.9 cm³/mol. The van der Waals surface area contributed by atoms with Crippen LogP contribution in [-0.4, -0.2) is 56.8 Å². The molecule has 0 saturated carbocycles. The minimum absolute atomic E-state index is 0.194. The van der Waals surface area contributed by atoms with Crippen molar-refractivity contribution < 1.29 is 19.4 Å². The van der Waals surface area contributed by atoms with E-state index in [2.05, 4.69) is 0 Å². The minimum Gasteiger partial charge on any atom is -0.627 e. The molecule has 0 spiro atoms. The number of ether oxygens (including phenoxy) is 2. The second-order valence-electron chi connectivity index (χ2n) is 5.26. The second-order valence-corrected chi connectivity index (χ2v) is 5.26. The molecule has 1 amide bonds. The number of aliphatic hydroxyl groups is 1. The number of morpholine rings is 1. The molecule has 1 atom stereocenters. The maximum Gasteiger partial charge on any atom is 0.414 e. The third-order valence-electron chi connectivity index (χ3n) is 3.90. The first kappa shape index (κ1) is 14.3. The topological polar surface area (TPSA) is 82.1 Å². The molecule has 1 aromatic rings. The fourth-order valence-corrected chi connectivity index (χ4v) is 2.63. The van der Waals surface area contributed by atoms with Gasteiger partial charge in [-0.2, -0.15) is 0 Å². The van der Waals surface area contributed by atoms with Gasteiger partial charge in [0.05, 0.1) is 26.4 Å². The van der Waals surface area contributed by atoms with E-state index >= 15 is 0 Å². The third-order valence-corrected chi connectivity index (χ3v) is 3.90. The van der Waals surface area contributed by atoms with Crippen molar-refractivity contribution in [3.63, 3.8) is 0 Å². The van der Waals surface area contributed by atoms with E-state index in [1.165, 1.54) is 4.90 Å². The fraction of sp³-hybridized carbons (Fsp3) is 0.500. The van der Waals surface area contributed by atoms with E-state index in [0.717, 1.165) is 0 Å². The molecular weight excluding hydrogens is 276 g/mol. The van der Waals surface area contributed by atoms with Crippen LogP contribution in [0.5, 0.6) is 0 Å². The van der Waals surface area contributed by atoms with Gasteiger partial charge in [-0.1, -0.05) is 0 Å². The number of aliphatic hydroxyl groups excluding tert-OH is 1. The summed E-state index contributed by atoms with van der Waals surface area (Å²) in [6, 6.07) is 6.97. The zero-order valence-corrected chi connectivity index (χ0v) is 11.6. The Balaban J connectivity index is 1.76. The lowest BCUT2D eigenvalue weighted by atomic mass is 10.2. The van der Waals surface area contributed by atoms with Crippen LogP contribution < -0.4 is 9.55 Å². The van der Waals surface area contributed by atoms with Gasteiger partial charge in [0.15, 0.2) is 0 Å². The summed E-state index contributed by atoms with van der Waals surface area (Å²) < 4.78 is 9.82. The molecule has 0 unspecified atom stereocenters. The number of quaternary nitrogens is 1. The molecule has 2 fully saturated rings. The number of nitrogens with zero attached hydrogens (tertiary/aromatic N) is 2. The monoisotopic (exact) mass is 294 g/mol. The van der Waals surface area contributed by atoms with Crippen LogP contribution in [0.25, 0.3) is 0 Å². The first-order chi connectivity index (χ1) is 10.1. The summed E-state index contributed by atoms with van der Waals surface area (Å²) in [4.78, 5) is 13.2. The Hall–Kier alpha value is -1.67. The Morgan fingerprint density at radius 2 is 1.95 bits per heavy atom. The molecule has 7 nitrogen and oxygen atoms in total. The number of amides is 1. The lowest BCUT2D eigenvalue weighted by Gasteiger charge is -2.44. The van der Waals surface area contributed by atoms with Crippen LogP contribution in [0, 0.1) is 5.21 Å². The van der Waals surface area contributed by atoms with Gasteiger partial charge in [0.25, 0.3) is 0 Å². The van der Waals surface area contributed by atoms with Crippen LogP contribution in [0.2, 0.25) is 0 Å². The van der Waals surface area contributed by atoms with Crippen molar-refractivity contribution in [2.75, 3.05) is 44.4 Å². The van der Waals surface area contributed by atoms with E-state index in [0.29, 0.717) is 44.2 Å². The van der Waals surface area contributed by atoms with Crippen LogP contribution in [0.4, 0.5) is 16.2 Å². The van der Waals surface area contributed by atoms with Crippen molar-refractivity contribution in [1.82, 2.24) is 4.65 Å². The Morgan fingerprint density at radius 3 is 2.52 bits per heavy atom. The molecule has 0 aromatic heterocycles. The van der Waals surface area contributed by atoms with Gasteiger partial charge < -0.3 is 24.4 Å². The Bertz CT molecular complexity index is 513. The molecule has 2 heterocycles. The van der Waals surface area contributed by atoms with Crippen molar-refractivity contribution in [3.8, 4) is 0 Å². The highest BCUT2D eigenvalue weighted by Crippen LogP contribution is 2.28. The number of carbonyl (C=O) groups excluding carboxylic acids is 1. The van der Waals surface area contributed by atoms with E-state index < -0.39 is 16.8 Å². The molecule has 3 rings (SSSR count). The second kappa shape index (κ2) is 5.61. The molecular formula is C14H18N2O5. The highest BCUT2D eigenvalue weighted by molar-refractivity contribution is 5.89. The van der Waals surface area contributed by atoms with Gasteiger partial charge in [0.2, 0.25) is 0 Å². The summed E-state index contributed by atoms with van der Waals surface area (Å²) in [5, 5.41) is 21.7. The number of hydroxylamine groups is 2. The number of carbonyl (C=O) groups is 1. The van der Waals surface area contributed by atoms with Crippen LogP contribution in [0.3, 0.4) is 0 Å². The molecule has 7 heteroatoms. The summed E-state index contributed by atoms with van der Waals surface area (Å²) in [6.45, 7) is 1.85. The summed E-state index contributed by atoms with van der Waals surface area (Å²) in [7, 11) is 0. The molecule has 2 aliphatic heterocycles. The summed E-state index contributed by atoms with van der Waals surface area (Å²) in [5.41, 5.74) is 1.33. The van der Waals surface area contributed by atoms with Gasteiger partial charge in [-0.3, -0.25) is 4.90 Å². The molecule has 0 aliphatic carbocycles. The van der Waals surface area contributed by atoms with Gasteiger partial charge in [0, 0.05) is 17.8 Å². The largest absolute Gasteiger partial charge is 0.627 e. The SMILES string of the molecule is O=C1O[C@@H](CO)CN1c1ccc([N+]2([O-])CCOCC2)cc1. The molecule has 21 heavy (non-hydrogen) atoms. The summed E-state index contributed by atoms with van der Waals surface area (Å²) in [5.74, 6) is 0. The average Bonchev–Trinajstić information content (AvgIpc) is 2.89. The molecule has 0 bridgehead atoms. The van der Waals surface area contributed by atoms with E-state index in [4.69, 9.17) is 14.6 Å². The minimum atomic E-state index is -0.491. The number of hydrogen-bond donors (Lipinski definition) is 1. The van der Waals surface area contributed by atoms with E-state index in [9.17, 15) is 10.0 Å². The van der Waals surface area contributed by atoms with Gasteiger partial charge >= 0.3 is 6.09 Å². The Kier molecular flexibility index (Phi) is 3.81. The number of benzene rings is 1. The number of hydrogen-bond acceptors (Lipinski definition) is 5. The van der Waals surface area contributed by atoms with Crippen LogP contribution in [-0.2, 0) is 9.47 Å². The smallest absolute Gasteiger partial charge is 0.414 e. The van der Waals surface area contributed by atoms with Crippen LogP contribution in [0.1, 0.15) is 0 Å². The molecule has 0 radical (unpaired) electrons.